The minimum atomic E-state index is -3.93. The SMILES string of the molecule is COCc1cn(-c2cc3c(=O)n(NS(C)(=O)=O)c(=O)[nH]c3cc2[N+](=O)[O-])cn1.CS(=O)(=O)Nn1c(=O)[nH]c2cc([N+](=O)[O-])c(F)cc2c1=O. The average Bonchev–Trinajstić information content (AvgIpc) is 3.45. The fourth-order valence-electron chi connectivity index (χ4n) is 4.18. The van der Waals surface area contributed by atoms with Gasteiger partial charge >= 0.3 is 17.1 Å². The number of aromatic amines is 2. The van der Waals surface area contributed by atoms with Gasteiger partial charge in [0.15, 0.2) is 0 Å². The monoisotopic (exact) mass is 728 g/mol. The van der Waals surface area contributed by atoms with Crippen LogP contribution in [0.1, 0.15) is 5.69 Å². The largest absolute Gasteiger partial charge is 0.378 e. The highest BCUT2D eigenvalue weighted by Gasteiger charge is 2.22. The maximum Gasteiger partial charge on any atom is 0.348 e. The number of nitro groups is 2. The van der Waals surface area contributed by atoms with Crippen molar-refractivity contribution in [2.75, 3.05) is 29.3 Å². The minimum absolute atomic E-state index is 0.00223. The Morgan fingerprint density at radius 3 is 1.76 bits per heavy atom. The standard InChI is InChI=1S/C14H14N6O7S.C9H7FN4O6S/c1-27-6-8-5-18(7-15-8)11-3-9-10(4-12(11)20(23)24)16-14(22)19(13(9)21)17-28(2,25)26;1-21(19,20)12-13-8(15)4-2-5(10)7(14(17)18)3-6(4)11-9(13)16/h3-5,7,17H,6H2,1-2H3,(H,16,22);2-3,12H,1H3,(H,11,16). The zero-order chi connectivity index (χ0) is 36.6. The molecule has 0 aliphatic rings. The lowest BCUT2D eigenvalue weighted by Crippen LogP contribution is -2.43. The van der Waals surface area contributed by atoms with E-state index in [1.54, 1.807) is 9.66 Å². The van der Waals surface area contributed by atoms with E-state index in [1.807, 2.05) is 0 Å². The molecule has 260 valence electrons. The van der Waals surface area contributed by atoms with E-state index in [9.17, 15) is 60.6 Å². The highest BCUT2D eigenvalue weighted by molar-refractivity contribution is 7.91. The van der Waals surface area contributed by atoms with Crippen molar-refractivity contribution < 1.29 is 35.8 Å². The van der Waals surface area contributed by atoms with E-state index < -0.39 is 75.0 Å². The van der Waals surface area contributed by atoms with E-state index >= 15 is 0 Å². The predicted octanol–water partition coefficient (Wildman–Crippen LogP) is -1.33. The molecular weight excluding hydrogens is 707 g/mol. The van der Waals surface area contributed by atoms with Crippen molar-refractivity contribution in [2.45, 2.75) is 6.61 Å². The molecule has 4 N–H and O–H groups in total. The van der Waals surface area contributed by atoms with E-state index in [0.29, 0.717) is 24.1 Å². The highest BCUT2D eigenvalue weighted by Crippen LogP contribution is 2.27. The number of rotatable bonds is 9. The van der Waals surface area contributed by atoms with Crippen LogP contribution in [-0.2, 0) is 31.4 Å². The van der Waals surface area contributed by atoms with Crippen LogP contribution in [0.25, 0.3) is 27.5 Å². The molecule has 0 saturated heterocycles. The summed E-state index contributed by atoms with van der Waals surface area (Å²) in [5, 5.41) is 21.5. The molecule has 0 aliphatic heterocycles. The van der Waals surface area contributed by atoms with Gasteiger partial charge in [0.1, 0.15) is 5.69 Å². The second-order valence-corrected chi connectivity index (χ2v) is 13.3. The molecule has 0 unspecified atom stereocenters. The van der Waals surface area contributed by atoms with Crippen LogP contribution < -0.4 is 32.2 Å². The van der Waals surface area contributed by atoms with Crippen molar-refractivity contribution in [2.24, 2.45) is 0 Å². The molecule has 0 saturated carbocycles. The lowest BCUT2D eigenvalue weighted by Gasteiger charge is -2.09. The summed E-state index contributed by atoms with van der Waals surface area (Å²) >= 11 is 0. The number of methoxy groups -OCH3 is 1. The first-order valence-corrected chi connectivity index (χ1v) is 16.6. The van der Waals surface area contributed by atoms with Crippen LogP contribution in [0, 0.1) is 26.0 Å². The first kappa shape index (κ1) is 35.6. The van der Waals surface area contributed by atoms with Gasteiger partial charge in [-0.2, -0.15) is 13.7 Å². The highest BCUT2D eigenvalue weighted by atomic mass is 32.2. The second-order valence-electron chi connectivity index (χ2n) is 9.82. The minimum Gasteiger partial charge on any atom is -0.378 e. The van der Waals surface area contributed by atoms with Gasteiger partial charge in [-0.1, -0.05) is 0 Å². The van der Waals surface area contributed by atoms with Gasteiger partial charge in [-0.15, -0.1) is 0 Å². The van der Waals surface area contributed by atoms with E-state index in [2.05, 4.69) is 15.0 Å². The molecule has 0 fully saturated rings. The van der Waals surface area contributed by atoms with Crippen LogP contribution >= 0.6 is 0 Å². The molecule has 0 spiro atoms. The van der Waals surface area contributed by atoms with Crippen molar-refractivity contribution >= 4 is 53.2 Å². The predicted molar refractivity (Wildman–Crippen MR) is 167 cm³/mol. The van der Waals surface area contributed by atoms with Gasteiger partial charge < -0.3 is 14.7 Å². The Morgan fingerprint density at radius 2 is 1.31 bits per heavy atom. The van der Waals surface area contributed by atoms with Crippen molar-refractivity contribution in [3.63, 3.8) is 0 Å². The number of imidazole rings is 1. The number of ether oxygens (including phenoxy) is 1. The summed E-state index contributed by atoms with van der Waals surface area (Å²) in [4.78, 5) is 80.3. The summed E-state index contributed by atoms with van der Waals surface area (Å²) in [7, 11) is -6.39. The molecular formula is C23H21FN10O13S2. The molecule has 26 heteroatoms. The number of benzene rings is 2. The molecule has 3 aromatic heterocycles. The van der Waals surface area contributed by atoms with Gasteiger partial charge in [0.05, 0.1) is 62.8 Å². The van der Waals surface area contributed by atoms with Crippen LogP contribution in [-0.4, -0.2) is 75.2 Å². The average molecular weight is 729 g/mol. The van der Waals surface area contributed by atoms with Crippen LogP contribution in [0.2, 0.25) is 0 Å². The molecule has 23 nitrogen and oxygen atoms in total. The fourth-order valence-corrected chi connectivity index (χ4v) is 5.17. The molecule has 0 amide bonds. The van der Waals surface area contributed by atoms with Crippen molar-refractivity contribution in [1.29, 1.82) is 0 Å². The van der Waals surface area contributed by atoms with Gasteiger partial charge in [-0.05, 0) is 12.1 Å². The number of nitrogens with one attached hydrogen (secondary N) is 4. The van der Waals surface area contributed by atoms with Crippen molar-refractivity contribution in [3.8, 4) is 5.69 Å². The Labute approximate surface area is 269 Å². The number of hydrogen-bond acceptors (Lipinski definition) is 14. The maximum absolute atomic E-state index is 13.5. The number of H-pyrrole nitrogens is 2. The summed E-state index contributed by atoms with van der Waals surface area (Å²) in [5.74, 6) is -1.29. The van der Waals surface area contributed by atoms with Crippen LogP contribution in [0.15, 0.2) is 56.0 Å². The van der Waals surface area contributed by atoms with Crippen LogP contribution in [0.4, 0.5) is 15.8 Å². The Bertz CT molecular complexity index is 2640. The van der Waals surface area contributed by atoms with Gasteiger partial charge in [0.2, 0.25) is 25.9 Å². The number of nitrogens with zero attached hydrogens (tertiary/aromatic N) is 6. The van der Waals surface area contributed by atoms with E-state index in [4.69, 9.17) is 4.74 Å². The van der Waals surface area contributed by atoms with Gasteiger partial charge in [0.25, 0.3) is 16.8 Å². The van der Waals surface area contributed by atoms with E-state index in [1.165, 1.54) is 30.3 Å². The quantitative estimate of drug-likeness (QED) is 0.101. The van der Waals surface area contributed by atoms with E-state index in [0.717, 1.165) is 12.3 Å². The number of nitro benzene ring substituents is 2. The third kappa shape index (κ3) is 7.82. The summed E-state index contributed by atoms with van der Waals surface area (Å²) in [6, 6.07) is 3.42. The molecule has 5 aromatic rings. The zero-order valence-electron chi connectivity index (χ0n) is 24.9. The lowest BCUT2D eigenvalue weighted by atomic mass is 10.2. The summed E-state index contributed by atoms with van der Waals surface area (Å²) in [5.41, 5.74) is -5.63. The third-order valence-electron chi connectivity index (χ3n) is 6.07. The smallest absolute Gasteiger partial charge is 0.348 e. The number of aromatic nitrogens is 6. The van der Waals surface area contributed by atoms with Crippen LogP contribution in [0.3, 0.4) is 0 Å². The number of hydrogen-bond donors (Lipinski definition) is 4. The zero-order valence-corrected chi connectivity index (χ0v) is 26.5. The second kappa shape index (κ2) is 13.1. The topological polar surface area (TPSA) is 315 Å². The molecule has 0 atom stereocenters. The molecule has 0 aliphatic carbocycles. The van der Waals surface area contributed by atoms with Gasteiger partial charge in [0, 0.05) is 25.4 Å². The number of halogens is 1. The number of fused-ring (bicyclic) bond motifs is 2. The van der Waals surface area contributed by atoms with Crippen molar-refractivity contribution in [3.05, 3.63) is 110 Å². The molecule has 0 radical (unpaired) electrons. The molecule has 5 rings (SSSR count). The molecule has 0 bridgehead atoms. The third-order valence-corrected chi connectivity index (χ3v) is 7.10. The van der Waals surface area contributed by atoms with Gasteiger partial charge in [-0.3, -0.25) is 34.4 Å². The summed E-state index contributed by atoms with van der Waals surface area (Å²) < 4.78 is 65.1. The summed E-state index contributed by atoms with van der Waals surface area (Å²) in [6.45, 7) is 0.173. The Kier molecular flexibility index (Phi) is 9.50. The first-order valence-electron chi connectivity index (χ1n) is 12.8. The fraction of sp³-hybridized carbons (Fsp3) is 0.174. The molecule has 2 aromatic carbocycles. The van der Waals surface area contributed by atoms with Gasteiger partial charge in [-0.25, -0.2) is 41.1 Å². The molecule has 49 heavy (non-hydrogen) atoms. The lowest BCUT2D eigenvalue weighted by molar-refractivity contribution is -0.387. The maximum atomic E-state index is 13.5. The molecule has 3 heterocycles. The Balaban J connectivity index is 0.000000230. The first-order chi connectivity index (χ1) is 22.7. The Hall–Kier alpha value is -6.28. The summed E-state index contributed by atoms with van der Waals surface area (Å²) in [6.07, 6.45) is 4.27. The normalized spacial score (nSPS) is 11.6. The van der Waals surface area contributed by atoms with Crippen molar-refractivity contribution in [1.82, 2.24) is 28.9 Å². The Morgan fingerprint density at radius 1 is 0.837 bits per heavy atom. The number of sulfonamides is 2. The van der Waals surface area contributed by atoms with E-state index in [-0.39, 0.29) is 38.1 Å². The van der Waals surface area contributed by atoms with Crippen LogP contribution in [0.5, 0.6) is 0 Å².